The minimum atomic E-state index is 0.373. The Kier molecular flexibility index (Phi) is 3.72. The molecular formula is C11H20N4. The van der Waals surface area contributed by atoms with Gasteiger partial charge in [-0.15, -0.1) is 0 Å². The number of aromatic amines is 1. The van der Waals surface area contributed by atoms with Crippen LogP contribution in [0.2, 0.25) is 0 Å². The van der Waals surface area contributed by atoms with Gasteiger partial charge in [0.25, 0.3) is 0 Å². The molecule has 0 amide bonds. The van der Waals surface area contributed by atoms with Gasteiger partial charge in [0.05, 0.1) is 6.04 Å². The molecule has 0 radical (unpaired) electrons. The molecule has 0 aromatic carbocycles. The van der Waals surface area contributed by atoms with Crippen LogP contribution in [0.1, 0.15) is 50.9 Å². The van der Waals surface area contributed by atoms with E-state index in [9.17, 15) is 0 Å². The predicted octanol–water partition coefficient (Wildman–Crippen LogP) is 2.04. The molecule has 1 aliphatic carbocycles. The molecule has 4 nitrogen and oxygen atoms in total. The summed E-state index contributed by atoms with van der Waals surface area (Å²) in [6.07, 6.45) is 8.35. The predicted molar refractivity (Wildman–Crippen MR) is 59.4 cm³/mol. The van der Waals surface area contributed by atoms with E-state index in [1.54, 1.807) is 6.33 Å². The second-order valence-corrected chi connectivity index (χ2v) is 4.30. The van der Waals surface area contributed by atoms with Crippen LogP contribution in [0.5, 0.6) is 0 Å². The number of hydrogen-bond acceptors (Lipinski definition) is 3. The van der Waals surface area contributed by atoms with Gasteiger partial charge >= 0.3 is 0 Å². The first-order valence-electron chi connectivity index (χ1n) is 6.00. The van der Waals surface area contributed by atoms with E-state index in [2.05, 4.69) is 27.4 Å². The fourth-order valence-corrected chi connectivity index (χ4v) is 2.54. The SMILES string of the molecule is CCNC(c1ncn[nH]1)C1CCCCC1. The second-order valence-electron chi connectivity index (χ2n) is 4.30. The number of H-pyrrole nitrogens is 1. The lowest BCUT2D eigenvalue weighted by Gasteiger charge is -2.29. The maximum Gasteiger partial charge on any atom is 0.141 e. The lowest BCUT2D eigenvalue weighted by Crippen LogP contribution is -2.30. The van der Waals surface area contributed by atoms with Crippen LogP contribution in [-0.2, 0) is 0 Å². The van der Waals surface area contributed by atoms with E-state index in [4.69, 9.17) is 0 Å². The van der Waals surface area contributed by atoms with E-state index in [0.29, 0.717) is 6.04 Å². The number of hydrogen-bond donors (Lipinski definition) is 2. The zero-order valence-corrected chi connectivity index (χ0v) is 9.37. The zero-order valence-electron chi connectivity index (χ0n) is 9.37. The summed E-state index contributed by atoms with van der Waals surface area (Å²) in [6.45, 7) is 3.13. The van der Waals surface area contributed by atoms with E-state index in [1.807, 2.05) is 0 Å². The van der Waals surface area contributed by atoms with Crippen molar-refractivity contribution in [2.45, 2.75) is 45.1 Å². The molecule has 1 aliphatic rings. The Balaban J connectivity index is 2.04. The van der Waals surface area contributed by atoms with Crippen LogP contribution in [0, 0.1) is 5.92 Å². The van der Waals surface area contributed by atoms with Crippen molar-refractivity contribution >= 4 is 0 Å². The fraction of sp³-hybridized carbons (Fsp3) is 0.818. The van der Waals surface area contributed by atoms with Gasteiger partial charge in [-0.05, 0) is 25.3 Å². The Morgan fingerprint density at radius 2 is 2.27 bits per heavy atom. The molecule has 1 fully saturated rings. The van der Waals surface area contributed by atoms with Crippen LogP contribution >= 0.6 is 0 Å². The lowest BCUT2D eigenvalue weighted by atomic mass is 9.83. The minimum Gasteiger partial charge on any atom is -0.307 e. The monoisotopic (exact) mass is 208 g/mol. The highest BCUT2D eigenvalue weighted by atomic mass is 15.2. The second kappa shape index (κ2) is 5.26. The Morgan fingerprint density at radius 1 is 1.47 bits per heavy atom. The van der Waals surface area contributed by atoms with Gasteiger partial charge in [-0.1, -0.05) is 26.2 Å². The van der Waals surface area contributed by atoms with Gasteiger partial charge < -0.3 is 5.32 Å². The molecule has 4 heteroatoms. The quantitative estimate of drug-likeness (QED) is 0.796. The molecule has 0 bridgehead atoms. The Labute approximate surface area is 90.9 Å². The number of nitrogens with zero attached hydrogens (tertiary/aromatic N) is 2. The summed E-state index contributed by atoms with van der Waals surface area (Å²) in [6, 6.07) is 0.373. The van der Waals surface area contributed by atoms with E-state index in [1.165, 1.54) is 32.1 Å². The molecule has 1 saturated carbocycles. The van der Waals surface area contributed by atoms with Crippen molar-refractivity contribution in [1.82, 2.24) is 20.5 Å². The van der Waals surface area contributed by atoms with Crippen molar-refractivity contribution in [3.8, 4) is 0 Å². The lowest BCUT2D eigenvalue weighted by molar-refractivity contribution is 0.266. The van der Waals surface area contributed by atoms with Crippen molar-refractivity contribution in [1.29, 1.82) is 0 Å². The minimum absolute atomic E-state index is 0.373. The molecule has 84 valence electrons. The van der Waals surface area contributed by atoms with Gasteiger partial charge in [0, 0.05) is 0 Å². The standard InChI is InChI=1S/C11H20N4/c1-2-12-10(11-13-8-14-15-11)9-6-4-3-5-7-9/h8-10,12H,2-7H2,1H3,(H,13,14,15). The van der Waals surface area contributed by atoms with Crippen molar-refractivity contribution in [2.75, 3.05) is 6.54 Å². The highest BCUT2D eigenvalue weighted by Crippen LogP contribution is 2.32. The van der Waals surface area contributed by atoms with Crippen LogP contribution in [-0.4, -0.2) is 21.7 Å². The van der Waals surface area contributed by atoms with Gasteiger partial charge in [0.1, 0.15) is 12.2 Å². The summed E-state index contributed by atoms with van der Waals surface area (Å²) in [5.41, 5.74) is 0. The molecule has 1 atom stereocenters. The summed E-state index contributed by atoms with van der Waals surface area (Å²) in [7, 11) is 0. The molecule has 2 rings (SSSR count). The highest BCUT2D eigenvalue weighted by molar-refractivity contribution is 4.95. The van der Waals surface area contributed by atoms with Crippen molar-refractivity contribution in [3.05, 3.63) is 12.2 Å². The maximum atomic E-state index is 4.28. The summed E-state index contributed by atoms with van der Waals surface area (Å²) in [5.74, 6) is 1.73. The van der Waals surface area contributed by atoms with Gasteiger partial charge in [0.15, 0.2) is 0 Å². The molecule has 2 N–H and O–H groups in total. The smallest absolute Gasteiger partial charge is 0.141 e. The van der Waals surface area contributed by atoms with E-state index in [0.717, 1.165) is 18.3 Å². The van der Waals surface area contributed by atoms with Gasteiger partial charge in [-0.2, -0.15) is 5.10 Å². The zero-order chi connectivity index (χ0) is 10.5. The summed E-state index contributed by atoms with van der Waals surface area (Å²) >= 11 is 0. The average molecular weight is 208 g/mol. The summed E-state index contributed by atoms with van der Waals surface area (Å²) in [5, 5.41) is 10.5. The van der Waals surface area contributed by atoms with Gasteiger partial charge in [0.2, 0.25) is 0 Å². The van der Waals surface area contributed by atoms with Crippen LogP contribution < -0.4 is 5.32 Å². The van der Waals surface area contributed by atoms with Crippen molar-refractivity contribution in [3.63, 3.8) is 0 Å². The Bertz CT molecular complexity index is 264. The molecule has 0 spiro atoms. The molecule has 0 aliphatic heterocycles. The first-order valence-corrected chi connectivity index (χ1v) is 6.00. The molecule has 1 aromatic rings. The third kappa shape index (κ3) is 2.56. The maximum absolute atomic E-state index is 4.28. The molecule has 1 aromatic heterocycles. The van der Waals surface area contributed by atoms with Crippen LogP contribution in [0.25, 0.3) is 0 Å². The van der Waals surface area contributed by atoms with Crippen LogP contribution in [0.3, 0.4) is 0 Å². The topological polar surface area (TPSA) is 53.6 Å². The van der Waals surface area contributed by atoms with Gasteiger partial charge in [-0.3, -0.25) is 5.10 Å². The molecule has 1 heterocycles. The summed E-state index contributed by atoms with van der Waals surface area (Å²) in [4.78, 5) is 4.28. The van der Waals surface area contributed by atoms with E-state index in [-0.39, 0.29) is 0 Å². The number of nitrogens with one attached hydrogen (secondary N) is 2. The number of rotatable bonds is 4. The molecule has 15 heavy (non-hydrogen) atoms. The average Bonchev–Trinajstić information content (AvgIpc) is 2.80. The van der Waals surface area contributed by atoms with E-state index < -0.39 is 0 Å². The summed E-state index contributed by atoms with van der Waals surface area (Å²) < 4.78 is 0. The molecular weight excluding hydrogens is 188 g/mol. The first kappa shape index (κ1) is 10.6. The molecule has 1 unspecified atom stereocenters. The third-order valence-electron chi connectivity index (χ3n) is 3.27. The normalized spacial score (nSPS) is 20.3. The van der Waals surface area contributed by atoms with Gasteiger partial charge in [-0.25, -0.2) is 4.98 Å². The Morgan fingerprint density at radius 3 is 2.87 bits per heavy atom. The fourth-order valence-electron chi connectivity index (χ4n) is 2.54. The van der Waals surface area contributed by atoms with Crippen molar-refractivity contribution < 1.29 is 0 Å². The van der Waals surface area contributed by atoms with Crippen LogP contribution in [0.15, 0.2) is 6.33 Å². The van der Waals surface area contributed by atoms with E-state index >= 15 is 0 Å². The molecule has 0 saturated heterocycles. The first-order chi connectivity index (χ1) is 7.42. The largest absolute Gasteiger partial charge is 0.307 e. The van der Waals surface area contributed by atoms with Crippen LogP contribution in [0.4, 0.5) is 0 Å². The highest BCUT2D eigenvalue weighted by Gasteiger charge is 2.26. The van der Waals surface area contributed by atoms with Crippen molar-refractivity contribution in [2.24, 2.45) is 5.92 Å². The number of aromatic nitrogens is 3. The Hall–Kier alpha value is -0.900. The third-order valence-corrected chi connectivity index (χ3v) is 3.27.